The van der Waals surface area contributed by atoms with Gasteiger partial charge in [0.2, 0.25) is 0 Å². The molecule has 0 saturated heterocycles. The lowest BCUT2D eigenvalue weighted by molar-refractivity contribution is -0.385. The van der Waals surface area contributed by atoms with Gasteiger partial charge in [0.25, 0.3) is 5.69 Å². The molecule has 0 radical (unpaired) electrons. The standard InChI is InChI=1S/C15H21BrN2O2/c1-3-11-9-13(18(19)20)10-14(16)15(11)17(2)12-7-5-4-6-8-12/h9-10,12H,3-8H2,1-2H3. The van der Waals surface area contributed by atoms with Crippen LogP contribution in [0.15, 0.2) is 16.6 Å². The smallest absolute Gasteiger partial charge is 0.270 e. The van der Waals surface area contributed by atoms with Crippen molar-refractivity contribution in [3.8, 4) is 0 Å². The summed E-state index contributed by atoms with van der Waals surface area (Å²) in [6.45, 7) is 2.05. The van der Waals surface area contributed by atoms with Crippen molar-refractivity contribution in [2.75, 3.05) is 11.9 Å². The lowest BCUT2D eigenvalue weighted by atomic mass is 9.93. The monoisotopic (exact) mass is 340 g/mol. The Kier molecular flexibility index (Phi) is 5.02. The highest BCUT2D eigenvalue weighted by Gasteiger charge is 2.23. The van der Waals surface area contributed by atoms with E-state index < -0.39 is 0 Å². The third-order valence-electron chi connectivity index (χ3n) is 4.19. The third-order valence-corrected chi connectivity index (χ3v) is 4.80. The number of non-ortho nitro benzene ring substituents is 1. The first-order chi connectivity index (χ1) is 9.54. The summed E-state index contributed by atoms with van der Waals surface area (Å²) >= 11 is 3.53. The fourth-order valence-corrected chi connectivity index (χ4v) is 3.83. The summed E-state index contributed by atoms with van der Waals surface area (Å²) in [6.07, 6.45) is 7.10. The quantitative estimate of drug-likeness (QED) is 0.590. The number of benzene rings is 1. The average molecular weight is 341 g/mol. The molecule has 1 aromatic rings. The molecule has 4 nitrogen and oxygen atoms in total. The first kappa shape index (κ1) is 15.3. The number of nitro benzene ring substituents is 1. The fraction of sp³-hybridized carbons (Fsp3) is 0.600. The molecule has 0 amide bonds. The van der Waals surface area contributed by atoms with Crippen LogP contribution < -0.4 is 4.90 Å². The number of rotatable bonds is 4. The Labute approximate surface area is 128 Å². The normalized spacial score (nSPS) is 16.1. The maximum absolute atomic E-state index is 11.0. The van der Waals surface area contributed by atoms with Crippen LogP contribution in [-0.2, 0) is 6.42 Å². The van der Waals surface area contributed by atoms with E-state index in [1.807, 2.05) is 6.92 Å². The molecule has 1 saturated carbocycles. The predicted octanol–water partition coefficient (Wildman–Crippen LogP) is 4.69. The van der Waals surface area contributed by atoms with Gasteiger partial charge in [0.15, 0.2) is 0 Å². The Morgan fingerprint density at radius 2 is 2.00 bits per heavy atom. The number of nitrogens with zero attached hydrogens (tertiary/aromatic N) is 2. The Hall–Kier alpha value is -1.10. The van der Waals surface area contributed by atoms with Gasteiger partial charge in [-0.25, -0.2) is 0 Å². The van der Waals surface area contributed by atoms with E-state index in [9.17, 15) is 10.1 Å². The molecule has 20 heavy (non-hydrogen) atoms. The maximum Gasteiger partial charge on any atom is 0.270 e. The number of halogens is 1. The number of nitro groups is 1. The third kappa shape index (κ3) is 3.14. The van der Waals surface area contributed by atoms with Crippen LogP contribution in [-0.4, -0.2) is 18.0 Å². The van der Waals surface area contributed by atoms with Crippen molar-refractivity contribution < 1.29 is 4.92 Å². The first-order valence-corrected chi connectivity index (χ1v) is 8.03. The van der Waals surface area contributed by atoms with E-state index in [2.05, 4.69) is 27.9 Å². The van der Waals surface area contributed by atoms with Crippen LogP contribution in [0.1, 0.15) is 44.6 Å². The SMILES string of the molecule is CCc1cc([N+](=O)[O-])cc(Br)c1N(C)C1CCCCC1. The average Bonchev–Trinajstić information content (AvgIpc) is 2.46. The van der Waals surface area contributed by atoms with Gasteiger partial charge < -0.3 is 4.90 Å². The summed E-state index contributed by atoms with van der Waals surface area (Å²) in [5.41, 5.74) is 2.32. The van der Waals surface area contributed by atoms with E-state index >= 15 is 0 Å². The van der Waals surface area contributed by atoms with Gasteiger partial charge in [-0.3, -0.25) is 10.1 Å². The van der Waals surface area contributed by atoms with Crippen molar-refractivity contribution in [2.45, 2.75) is 51.5 Å². The van der Waals surface area contributed by atoms with Crippen molar-refractivity contribution in [3.63, 3.8) is 0 Å². The number of aryl methyl sites for hydroxylation is 1. The van der Waals surface area contributed by atoms with Crippen LogP contribution in [0, 0.1) is 10.1 Å². The second-order valence-electron chi connectivity index (χ2n) is 5.45. The zero-order valence-electron chi connectivity index (χ0n) is 12.1. The summed E-state index contributed by atoms with van der Waals surface area (Å²) in [5, 5.41) is 11.0. The molecule has 0 atom stereocenters. The highest BCUT2D eigenvalue weighted by Crippen LogP contribution is 2.37. The first-order valence-electron chi connectivity index (χ1n) is 7.24. The molecule has 0 aliphatic heterocycles. The van der Waals surface area contributed by atoms with E-state index in [0.29, 0.717) is 6.04 Å². The Bertz CT molecular complexity index is 499. The van der Waals surface area contributed by atoms with Gasteiger partial charge in [-0.15, -0.1) is 0 Å². The predicted molar refractivity (Wildman–Crippen MR) is 85.5 cm³/mol. The van der Waals surface area contributed by atoms with E-state index in [1.165, 1.54) is 32.1 Å². The van der Waals surface area contributed by atoms with Crippen LogP contribution in [0.2, 0.25) is 0 Å². The van der Waals surface area contributed by atoms with E-state index in [-0.39, 0.29) is 10.6 Å². The van der Waals surface area contributed by atoms with Gasteiger partial charge in [-0.2, -0.15) is 0 Å². The lowest BCUT2D eigenvalue weighted by Crippen LogP contribution is -2.34. The summed E-state index contributed by atoms with van der Waals surface area (Å²) in [6, 6.07) is 3.87. The van der Waals surface area contributed by atoms with Crippen molar-refractivity contribution >= 4 is 27.3 Å². The molecule has 0 unspecified atom stereocenters. The molecule has 110 valence electrons. The second kappa shape index (κ2) is 6.57. The van der Waals surface area contributed by atoms with Crippen molar-refractivity contribution in [1.29, 1.82) is 0 Å². The number of hydrogen-bond donors (Lipinski definition) is 0. The maximum atomic E-state index is 11.0. The minimum Gasteiger partial charge on any atom is -0.370 e. The molecule has 0 N–H and O–H groups in total. The van der Waals surface area contributed by atoms with Crippen LogP contribution in [0.25, 0.3) is 0 Å². The Morgan fingerprint density at radius 3 is 2.55 bits per heavy atom. The second-order valence-corrected chi connectivity index (χ2v) is 6.30. The summed E-state index contributed by atoms with van der Waals surface area (Å²) in [7, 11) is 2.11. The van der Waals surface area contributed by atoms with Crippen LogP contribution >= 0.6 is 15.9 Å². The minimum atomic E-state index is -0.325. The molecule has 1 aliphatic rings. The molecular weight excluding hydrogens is 320 g/mol. The molecule has 0 heterocycles. The van der Waals surface area contributed by atoms with Crippen LogP contribution in [0.3, 0.4) is 0 Å². The van der Waals surface area contributed by atoms with E-state index in [1.54, 1.807) is 12.1 Å². The van der Waals surface area contributed by atoms with E-state index in [4.69, 9.17) is 0 Å². The number of anilines is 1. The van der Waals surface area contributed by atoms with E-state index in [0.717, 1.165) is 22.1 Å². The molecule has 1 fully saturated rings. The van der Waals surface area contributed by atoms with Gasteiger partial charge >= 0.3 is 0 Å². The van der Waals surface area contributed by atoms with Crippen LogP contribution in [0.5, 0.6) is 0 Å². The van der Waals surface area contributed by atoms with Crippen LogP contribution in [0.4, 0.5) is 11.4 Å². The van der Waals surface area contributed by atoms with Crippen molar-refractivity contribution in [2.24, 2.45) is 0 Å². The topological polar surface area (TPSA) is 46.4 Å². The zero-order chi connectivity index (χ0) is 14.7. The molecule has 1 aromatic carbocycles. The van der Waals surface area contributed by atoms with Gasteiger partial charge in [0, 0.05) is 29.7 Å². The van der Waals surface area contributed by atoms with Gasteiger partial charge in [-0.1, -0.05) is 26.2 Å². The molecular formula is C15H21BrN2O2. The van der Waals surface area contributed by atoms with Gasteiger partial charge in [-0.05, 0) is 40.8 Å². The molecule has 0 spiro atoms. The molecule has 2 rings (SSSR count). The summed E-state index contributed by atoms with van der Waals surface area (Å²) < 4.78 is 0.830. The summed E-state index contributed by atoms with van der Waals surface area (Å²) in [5.74, 6) is 0. The Balaban J connectivity index is 2.36. The highest BCUT2D eigenvalue weighted by atomic mass is 79.9. The zero-order valence-corrected chi connectivity index (χ0v) is 13.6. The largest absolute Gasteiger partial charge is 0.370 e. The highest BCUT2D eigenvalue weighted by molar-refractivity contribution is 9.10. The summed E-state index contributed by atoms with van der Waals surface area (Å²) in [4.78, 5) is 13.0. The molecule has 5 heteroatoms. The molecule has 0 aromatic heterocycles. The number of hydrogen-bond acceptors (Lipinski definition) is 3. The molecule has 1 aliphatic carbocycles. The van der Waals surface area contributed by atoms with Gasteiger partial charge in [0.1, 0.15) is 0 Å². The fourth-order valence-electron chi connectivity index (χ4n) is 3.06. The Morgan fingerprint density at radius 1 is 1.35 bits per heavy atom. The minimum absolute atomic E-state index is 0.162. The molecule has 0 bridgehead atoms. The lowest BCUT2D eigenvalue weighted by Gasteiger charge is -2.34. The van der Waals surface area contributed by atoms with Crippen molar-refractivity contribution in [1.82, 2.24) is 0 Å². The van der Waals surface area contributed by atoms with Crippen molar-refractivity contribution in [3.05, 3.63) is 32.3 Å². The van der Waals surface area contributed by atoms with Gasteiger partial charge in [0.05, 0.1) is 10.6 Å².